The number of benzene rings is 2. The zero-order valence-corrected chi connectivity index (χ0v) is 16.5. The lowest BCUT2D eigenvalue weighted by atomic mass is 9.77. The fraction of sp³-hybridized carbons (Fsp3) is 0.348. The highest BCUT2D eigenvalue weighted by atomic mass is 16.1. The number of para-hydroxylation sites is 1. The minimum atomic E-state index is -0.0251. The third-order valence-corrected chi connectivity index (χ3v) is 5.42. The third kappa shape index (κ3) is 3.32. The van der Waals surface area contributed by atoms with Crippen molar-refractivity contribution in [2.75, 3.05) is 29.2 Å². The van der Waals surface area contributed by atoms with Crippen molar-refractivity contribution >= 4 is 22.8 Å². The van der Waals surface area contributed by atoms with Crippen LogP contribution >= 0.6 is 0 Å². The molecular formula is C23H27N3O. The van der Waals surface area contributed by atoms with Gasteiger partial charge in [0.25, 0.3) is 0 Å². The maximum absolute atomic E-state index is 13.2. The second-order valence-corrected chi connectivity index (χ2v) is 8.55. The van der Waals surface area contributed by atoms with Crippen LogP contribution in [0.3, 0.4) is 0 Å². The number of nitrogens with zero attached hydrogens (tertiary/aromatic N) is 2. The van der Waals surface area contributed by atoms with Gasteiger partial charge in [0.05, 0.1) is 6.54 Å². The maximum Gasteiger partial charge on any atom is 0.181 e. The van der Waals surface area contributed by atoms with Gasteiger partial charge in [0.15, 0.2) is 5.78 Å². The molecule has 0 fully saturated rings. The first kappa shape index (κ1) is 17.7. The number of allylic oxidation sites excluding steroid dienone is 2. The van der Waals surface area contributed by atoms with Crippen LogP contribution in [-0.4, -0.2) is 19.9 Å². The van der Waals surface area contributed by atoms with E-state index in [0.29, 0.717) is 13.0 Å². The molecule has 0 saturated carbocycles. The summed E-state index contributed by atoms with van der Waals surface area (Å²) < 4.78 is 0. The van der Waals surface area contributed by atoms with Crippen molar-refractivity contribution in [2.24, 2.45) is 5.41 Å². The first-order valence-corrected chi connectivity index (χ1v) is 9.50. The number of rotatable bonds is 2. The summed E-state index contributed by atoms with van der Waals surface area (Å²) in [5, 5.41) is 3.59. The molecule has 1 aliphatic carbocycles. The van der Waals surface area contributed by atoms with E-state index in [0.717, 1.165) is 34.9 Å². The highest BCUT2D eigenvalue weighted by Crippen LogP contribution is 2.42. The van der Waals surface area contributed by atoms with Crippen LogP contribution in [0.4, 0.5) is 17.1 Å². The first-order chi connectivity index (χ1) is 12.8. The summed E-state index contributed by atoms with van der Waals surface area (Å²) in [5.74, 6) is 0.221. The molecule has 2 aromatic rings. The van der Waals surface area contributed by atoms with Gasteiger partial charge < -0.3 is 15.1 Å². The van der Waals surface area contributed by atoms with Crippen LogP contribution in [0.2, 0.25) is 0 Å². The second-order valence-electron chi connectivity index (χ2n) is 8.55. The average Bonchev–Trinajstić information content (AvgIpc) is 2.77. The summed E-state index contributed by atoms with van der Waals surface area (Å²) in [5.41, 5.74) is 6.35. The highest BCUT2D eigenvalue weighted by molar-refractivity contribution is 6.01. The summed E-state index contributed by atoms with van der Waals surface area (Å²) >= 11 is 0. The molecular weight excluding hydrogens is 334 g/mol. The molecule has 4 heteroatoms. The Kier molecular flexibility index (Phi) is 4.22. The zero-order chi connectivity index (χ0) is 19.2. The molecule has 0 saturated heterocycles. The monoisotopic (exact) mass is 361 g/mol. The lowest BCUT2D eigenvalue weighted by Gasteiger charge is -2.36. The van der Waals surface area contributed by atoms with E-state index in [-0.39, 0.29) is 11.2 Å². The molecule has 1 N–H and O–H groups in total. The Balaban J connectivity index is 1.83. The number of hydrogen-bond donors (Lipinski definition) is 1. The minimum absolute atomic E-state index is 0.0251. The minimum Gasteiger partial charge on any atom is -0.378 e. The van der Waals surface area contributed by atoms with E-state index in [9.17, 15) is 4.79 Å². The molecule has 1 heterocycles. The first-order valence-electron chi connectivity index (χ1n) is 9.50. The largest absolute Gasteiger partial charge is 0.378 e. The standard InChI is InChI=1S/C23H27N3O/c1-23(2)13-20-22(21(27)14-23)26(15-16-7-5-6-8-19(16)24-20)18-11-9-17(10-12-18)25(3)4/h5-12,24H,13-15H2,1-4H3. The van der Waals surface area contributed by atoms with Crippen LogP contribution in [0.25, 0.3) is 0 Å². The van der Waals surface area contributed by atoms with Gasteiger partial charge in [-0.3, -0.25) is 4.79 Å². The summed E-state index contributed by atoms with van der Waals surface area (Å²) in [4.78, 5) is 17.4. The molecule has 0 atom stereocenters. The lowest BCUT2D eigenvalue weighted by molar-refractivity contribution is -0.118. The molecule has 1 aliphatic heterocycles. The highest BCUT2D eigenvalue weighted by Gasteiger charge is 2.37. The van der Waals surface area contributed by atoms with Gasteiger partial charge in [-0.05, 0) is 47.7 Å². The van der Waals surface area contributed by atoms with Gasteiger partial charge in [0.2, 0.25) is 0 Å². The van der Waals surface area contributed by atoms with Crippen LogP contribution in [-0.2, 0) is 11.3 Å². The van der Waals surface area contributed by atoms with Crippen molar-refractivity contribution < 1.29 is 4.79 Å². The Morgan fingerprint density at radius 3 is 2.41 bits per heavy atom. The fourth-order valence-corrected chi connectivity index (χ4v) is 4.07. The smallest absolute Gasteiger partial charge is 0.181 e. The Labute approximate surface area is 161 Å². The van der Waals surface area contributed by atoms with Gasteiger partial charge in [-0.1, -0.05) is 32.0 Å². The van der Waals surface area contributed by atoms with Crippen LogP contribution in [0, 0.1) is 5.41 Å². The van der Waals surface area contributed by atoms with Crippen molar-refractivity contribution in [3.05, 3.63) is 65.5 Å². The van der Waals surface area contributed by atoms with Crippen molar-refractivity contribution in [3.63, 3.8) is 0 Å². The van der Waals surface area contributed by atoms with Gasteiger partial charge in [-0.15, -0.1) is 0 Å². The summed E-state index contributed by atoms with van der Waals surface area (Å²) in [6, 6.07) is 16.8. The quantitative estimate of drug-likeness (QED) is 0.834. The van der Waals surface area contributed by atoms with Crippen molar-refractivity contribution in [3.8, 4) is 0 Å². The molecule has 140 valence electrons. The summed E-state index contributed by atoms with van der Waals surface area (Å²) in [6.07, 6.45) is 1.45. The van der Waals surface area contributed by atoms with E-state index in [4.69, 9.17) is 0 Å². The fourth-order valence-electron chi connectivity index (χ4n) is 4.07. The molecule has 2 aliphatic rings. The Morgan fingerprint density at radius 2 is 1.70 bits per heavy atom. The van der Waals surface area contributed by atoms with Crippen LogP contribution in [0.15, 0.2) is 59.9 Å². The molecule has 27 heavy (non-hydrogen) atoms. The number of Topliss-reactive ketones (excluding diaryl/α,β-unsaturated/α-hetero) is 1. The van der Waals surface area contributed by atoms with Gasteiger partial charge in [-0.25, -0.2) is 0 Å². The Bertz CT molecular complexity index is 909. The van der Waals surface area contributed by atoms with E-state index in [1.165, 1.54) is 5.56 Å². The maximum atomic E-state index is 13.2. The Morgan fingerprint density at radius 1 is 1.00 bits per heavy atom. The van der Waals surface area contributed by atoms with Crippen molar-refractivity contribution in [1.29, 1.82) is 0 Å². The van der Waals surface area contributed by atoms with Crippen LogP contribution < -0.4 is 15.1 Å². The van der Waals surface area contributed by atoms with E-state index in [1.807, 2.05) is 20.2 Å². The second kappa shape index (κ2) is 6.45. The van der Waals surface area contributed by atoms with Crippen LogP contribution in [0.5, 0.6) is 0 Å². The summed E-state index contributed by atoms with van der Waals surface area (Å²) in [7, 11) is 4.07. The van der Waals surface area contributed by atoms with E-state index in [2.05, 4.69) is 71.4 Å². The van der Waals surface area contributed by atoms with Crippen molar-refractivity contribution in [1.82, 2.24) is 0 Å². The average molecular weight is 361 g/mol. The lowest BCUT2D eigenvalue weighted by Crippen LogP contribution is -2.35. The number of carbonyl (C=O) groups is 1. The number of hydrogen-bond acceptors (Lipinski definition) is 4. The number of ketones is 1. The summed E-state index contributed by atoms with van der Waals surface area (Å²) in [6.45, 7) is 5.03. The third-order valence-electron chi connectivity index (χ3n) is 5.42. The Hall–Kier alpha value is -2.75. The number of anilines is 3. The predicted molar refractivity (Wildman–Crippen MR) is 112 cm³/mol. The molecule has 0 radical (unpaired) electrons. The SMILES string of the molecule is CN(C)c1ccc(N2Cc3ccccc3NC3=C2C(=O)CC(C)(C)C3)cc1. The van der Waals surface area contributed by atoms with Gasteiger partial charge >= 0.3 is 0 Å². The predicted octanol–water partition coefficient (Wildman–Crippen LogP) is 4.79. The van der Waals surface area contributed by atoms with Crippen molar-refractivity contribution in [2.45, 2.75) is 33.2 Å². The van der Waals surface area contributed by atoms with Crippen LogP contribution in [0.1, 0.15) is 32.3 Å². The number of nitrogens with one attached hydrogen (secondary N) is 1. The van der Waals surface area contributed by atoms with Gasteiger partial charge in [0, 0.05) is 43.3 Å². The van der Waals surface area contributed by atoms with Gasteiger partial charge in [0.1, 0.15) is 5.70 Å². The normalized spacial score (nSPS) is 18.4. The van der Waals surface area contributed by atoms with Gasteiger partial charge in [-0.2, -0.15) is 0 Å². The molecule has 0 aromatic heterocycles. The molecule has 0 unspecified atom stereocenters. The van der Waals surface area contributed by atoms with E-state index in [1.54, 1.807) is 0 Å². The number of fused-ring (bicyclic) bond motifs is 1. The van der Waals surface area contributed by atoms with E-state index >= 15 is 0 Å². The molecule has 4 nitrogen and oxygen atoms in total. The molecule has 0 bridgehead atoms. The zero-order valence-electron chi connectivity index (χ0n) is 16.5. The molecule has 2 aromatic carbocycles. The number of carbonyl (C=O) groups excluding carboxylic acids is 1. The van der Waals surface area contributed by atoms with E-state index < -0.39 is 0 Å². The molecule has 4 rings (SSSR count). The topological polar surface area (TPSA) is 35.6 Å². The molecule has 0 amide bonds. The molecule has 0 spiro atoms.